The van der Waals surface area contributed by atoms with Gasteiger partial charge in [0.05, 0.1) is 19.3 Å². The molecule has 1 unspecified atom stereocenters. The summed E-state index contributed by atoms with van der Waals surface area (Å²) in [6, 6.07) is 8.24. The predicted octanol–water partition coefficient (Wildman–Crippen LogP) is 2.46. The highest BCUT2D eigenvalue weighted by molar-refractivity contribution is 7.07. The summed E-state index contributed by atoms with van der Waals surface area (Å²) in [6.07, 6.45) is 0. The summed E-state index contributed by atoms with van der Waals surface area (Å²) < 4.78 is 24.2. The van der Waals surface area contributed by atoms with E-state index in [0.29, 0.717) is 19.8 Å². The third-order valence-electron chi connectivity index (χ3n) is 4.10. The van der Waals surface area contributed by atoms with E-state index in [9.17, 15) is 9.18 Å². The van der Waals surface area contributed by atoms with Gasteiger partial charge >= 0.3 is 0 Å². The number of carbonyl (C=O) groups is 1. The van der Waals surface area contributed by atoms with Gasteiger partial charge < -0.3 is 14.8 Å². The minimum absolute atomic E-state index is 0.0835. The minimum Gasteiger partial charge on any atom is -0.481 e. The number of rotatable bonds is 7. The normalized spacial score (nSPS) is 16.4. The molecule has 2 aromatic rings. The maximum absolute atomic E-state index is 13.5. The number of carbonyl (C=O) groups excluding carboxylic acids is 1. The summed E-state index contributed by atoms with van der Waals surface area (Å²) >= 11 is 1.64. The lowest BCUT2D eigenvalue weighted by Gasteiger charge is -2.34. The molecule has 5 nitrogen and oxygen atoms in total. The molecule has 3 rings (SSSR count). The molecular formula is C18H21FN2O3S. The van der Waals surface area contributed by atoms with E-state index in [2.05, 4.69) is 21.7 Å². The van der Waals surface area contributed by atoms with Crippen molar-refractivity contribution in [1.29, 1.82) is 0 Å². The zero-order valence-corrected chi connectivity index (χ0v) is 14.6. The summed E-state index contributed by atoms with van der Waals surface area (Å²) in [5, 5.41) is 7.03. The van der Waals surface area contributed by atoms with Crippen LogP contribution in [0.15, 0.2) is 41.1 Å². The first-order valence-electron chi connectivity index (χ1n) is 8.22. The Morgan fingerprint density at radius 2 is 2.12 bits per heavy atom. The second kappa shape index (κ2) is 8.94. The zero-order chi connectivity index (χ0) is 17.5. The lowest BCUT2D eigenvalue weighted by atomic mass is 10.1. The maximum atomic E-state index is 13.5. The van der Waals surface area contributed by atoms with Gasteiger partial charge in [-0.25, -0.2) is 4.39 Å². The molecule has 1 aliphatic rings. The quantitative estimate of drug-likeness (QED) is 0.820. The number of nitrogens with zero attached hydrogens (tertiary/aromatic N) is 1. The Morgan fingerprint density at radius 1 is 1.32 bits per heavy atom. The van der Waals surface area contributed by atoms with Gasteiger partial charge in [-0.3, -0.25) is 9.69 Å². The smallest absolute Gasteiger partial charge is 0.258 e. The third-order valence-corrected chi connectivity index (χ3v) is 4.80. The monoisotopic (exact) mass is 364 g/mol. The molecule has 1 fully saturated rings. The molecular weight excluding hydrogens is 343 g/mol. The van der Waals surface area contributed by atoms with Gasteiger partial charge in [0.15, 0.2) is 18.2 Å². The van der Waals surface area contributed by atoms with Crippen LogP contribution in [0.5, 0.6) is 5.75 Å². The van der Waals surface area contributed by atoms with Gasteiger partial charge in [-0.05, 0) is 34.5 Å². The van der Waals surface area contributed by atoms with Crippen molar-refractivity contribution in [3.63, 3.8) is 0 Å². The molecule has 1 aromatic carbocycles. The molecule has 1 atom stereocenters. The summed E-state index contributed by atoms with van der Waals surface area (Å²) in [6.45, 7) is 3.34. The Bertz CT molecular complexity index is 675. The molecule has 7 heteroatoms. The lowest BCUT2D eigenvalue weighted by molar-refractivity contribution is -0.123. The van der Waals surface area contributed by atoms with Crippen molar-refractivity contribution in [2.75, 3.05) is 39.5 Å². The number of benzene rings is 1. The second-order valence-corrected chi connectivity index (χ2v) is 6.52. The fraction of sp³-hybridized carbons (Fsp3) is 0.389. The number of ether oxygens (including phenoxy) is 2. The highest BCUT2D eigenvalue weighted by Gasteiger charge is 2.23. The van der Waals surface area contributed by atoms with Gasteiger partial charge in [-0.2, -0.15) is 11.3 Å². The van der Waals surface area contributed by atoms with Gasteiger partial charge in [-0.1, -0.05) is 12.1 Å². The van der Waals surface area contributed by atoms with E-state index in [1.54, 1.807) is 23.5 Å². The van der Waals surface area contributed by atoms with E-state index in [1.165, 1.54) is 17.7 Å². The number of halogens is 1. The number of hydrogen-bond acceptors (Lipinski definition) is 5. The SMILES string of the molecule is O=C(COc1ccccc1F)NCC(c1ccsc1)N1CCOCC1. The molecule has 134 valence electrons. The van der Waals surface area contributed by atoms with Gasteiger partial charge in [0.1, 0.15) is 0 Å². The molecule has 0 spiro atoms. The third kappa shape index (κ3) is 5.01. The number of para-hydroxylation sites is 1. The highest BCUT2D eigenvalue weighted by atomic mass is 32.1. The summed E-state index contributed by atoms with van der Waals surface area (Å²) in [5.74, 6) is -0.656. The number of morpholine rings is 1. The summed E-state index contributed by atoms with van der Waals surface area (Å²) in [7, 11) is 0. The summed E-state index contributed by atoms with van der Waals surface area (Å²) in [4.78, 5) is 14.4. The topological polar surface area (TPSA) is 50.8 Å². The molecule has 1 amide bonds. The average molecular weight is 364 g/mol. The van der Waals surface area contributed by atoms with Gasteiger partial charge in [0, 0.05) is 19.6 Å². The van der Waals surface area contributed by atoms with Crippen LogP contribution < -0.4 is 10.1 Å². The van der Waals surface area contributed by atoms with E-state index < -0.39 is 5.82 Å². The molecule has 0 bridgehead atoms. The molecule has 1 aromatic heterocycles. The van der Waals surface area contributed by atoms with Crippen LogP contribution in [0.4, 0.5) is 4.39 Å². The van der Waals surface area contributed by atoms with Crippen LogP contribution >= 0.6 is 11.3 Å². The number of thiophene rings is 1. The van der Waals surface area contributed by atoms with Gasteiger partial charge in [0.25, 0.3) is 5.91 Å². The van der Waals surface area contributed by atoms with E-state index in [0.717, 1.165) is 13.1 Å². The van der Waals surface area contributed by atoms with Crippen LogP contribution in [0.1, 0.15) is 11.6 Å². The predicted molar refractivity (Wildman–Crippen MR) is 94.4 cm³/mol. The van der Waals surface area contributed by atoms with Crippen molar-refractivity contribution >= 4 is 17.2 Å². The number of nitrogens with one attached hydrogen (secondary N) is 1. The molecule has 2 heterocycles. The Morgan fingerprint density at radius 3 is 2.84 bits per heavy atom. The Balaban J connectivity index is 1.53. The molecule has 0 saturated carbocycles. The van der Waals surface area contributed by atoms with E-state index in [-0.39, 0.29) is 24.3 Å². The van der Waals surface area contributed by atoms with Crippen LogP contribution in [0.25, 0.3) is 0 Å². The first-order chi connectivity index (χ1) is 12.2. The van der Waals surface area contributed by atoms with Crippen molar-refractivity contribution in [2.45, 2.75) is 6.04 Å². The van der Waals surface area contributed by atoms with E-state index >= 15 is 0 Å². The van der Waals surface area contributed by atoms with E-state index in [1.807, 2.05) is 5.38 Å². The molecule has 0 radical (unpaired) electrons. The van der Waals surface area contributed by atoms with Gasteiger partial charge in [-0.15, -0.1) is 0 Å². The Kier molecular flexibility index (Phi) is 6.38. The van der Waals surface area contributed by atoms with Crippen LogP contribution in [0, 0.1) is 5.82 Å². The van der Waals surface area contributed by atoms with E-state index in [4.69, 9.17) is 9.47 Å². The van der Waals surface area contributed by atoms with Crippen molar-refractivity contribution in [1.82, 2.24) is 10.2 Å². The first-order valence-corrected chi connectivity index (χ1v) is 9.16. The molecule has 1 N–H and O–H groups in total. The van der Waals surface area contributed by atoms with Crippen LogP contribution in [0.3, 0.4) is 0 Å². The van der Waals surface area contributed by atoms with Crippen LogP contribution in [0.2, 0.25) is 0 Å². The Labute approximate surface area is 150 Å². The standard InChI is InChI=1S/C18H21FN2O3S/c19-15-3-1-2-4-17(15)24-12-18(22)20-11-16(14-5-10-25-13-14)21-6-8-23-9-7-21/h1-5,10,13,16H,6-9,11-12H2,(H,20,22). The molecule has 0 aliphatic carbocycles. The molecule has 1 aliphatic heterocycles. The van der Waals surface area contributed by atoms with Crippen molar-refractivity contribution in [2.24, 2.45) is 0 Å². The molecule has 1 saturated heterocycles. The van der Waals surface area contributed by atoms with Crippen LogP contribution in [-0.2, 0) is 9.53 Å². The average Bonchev–Trinajstić information content (AvgIpc) is 3.16. The highest BCUT2D eigenvalue weighted by Crippen LogP contribution is 2.23. The van der Waals surface area contributed by atoms with Crippen LogP contribution in [-0.4, -0.2) is 50.3 Å². The fourth-order valence-electron chi connectivity index (χ4n) is 2.78. The minimum atomic E-state index is -0.472. The van der Waals surface area contributed by atoms with Crippen molar-refractivity contribution in [3.05, 3.63) is 52.5 Å². The second-order valence-electron chi connectivity index (χ2n) is 5.74. The zero-order valence-electron chi connectivity index (χ0n) is 13.8. The van der Waals surface area contributed by atoms with Crippen molar-refractivity contribution < 1.29 is 18.7 Å². The number of hydrogen-bond donors (Lipinski definition) is 1. The number of amides is 1. The van der Waals surface area contributed by atoms with Gasteiger partial charge in [0.2, 0.25) is 0 Å². The fourth-order valence-corrected chi connectivity index (χ4v) is 3.49. The maximum Gasteiger partial charge on any atom is 0.258 e. The van der Waals surface area contributed by atoms with Crippen molar-refractivity contribution in [3.8, 4) is 5.75 Å². The summed E-state index contributed by atoms with van der Waals surface area (Å²) in [5.41, 5.74) is 1.18. The Hall–Kier alpha value is -1.96. The molecule has 25 heavy (non-hydrogen) atoms. The lowest BCUT2D eigenvalue weighted by Crippen LogP contribution is -2.44. The largest absolute Gasteiger partial charge is 0.481 e. The first kappa shape index (κ1) is 17.8.